The van der Waals surface area contributed by atoms with Crippen LogP contribution in [-0.4, -0.2) is 72.3 Å². The van der Waals surface area contributed by atoms with Gasteiger partial charge in [0.15, 0.2) is 6.29 Å². The third kappa shape index (κ3) is 11.2. The van der Waals surface area contributed by atoms with Gasteiger partial charge in [-0.2, -0.15) is 0 Å². The molecule has 3 atom stereocenters. The molecule has 3 unspecified atom stereocenters. The fourth-order valence-electron chi connectivity index (χ4n) is 13.0. The molecule has 3 aliphatic heterocycles. The van der Waals surface area contributed by atoms with Crippen molar-refractivity contribution in [1.29, 1.82) is 0 Å². The molecule has 2 bridgehead atoms. The SMILES string of the molecule is Cc1cc2c(c(C(C)(C)C)c1)C1OC(C(C)(C)CO)(OC3(c4c(cc(C)cc4C(C)(C)C)C(C)c4cc(C)cc(C(C)(C)C)c43)C13COC(C(C)(C)CO)OC3)c1c(cc(C)cc1C(C)(C)C)C2C.OP(O)O.OP(O)O. The van der Waals surface area contributed by atoms with Gasteiger partial charge in [-0.25, -0.2) is 0 Å². The van der Waals surface area contributed by atoms with E-state index < -0.39 is 57.2 Å². The van der Waals surface area contributed by atoms with Crippen molar-refractivity contribution in [1.82, 2.24) is 0 Å². The quantitative estimate of drug-likeness (QED) is 0.0901. The highest BCUT2D eigenvalue weighted by atomic mass is 31.2. The largest absolute Gasteiger partial charge is 0.396 e. The highest BCUT2D eigenvalue weighted by Crippen LogP contribution is 2.74. The number of rotatable bonds is 4. The fourth-order valence-corrected chi connectivity index (χ4v) is 13.0. The molecule has 2 spiro atoms. The maximum atomic E-state index is 12.4. The lowest BCUT2D eigenvalue weighted by molar-refractivity contribution is -0.464. The van der Waals surface area contributed by atoms with Gasteiger partial charge in [0.05, 0.1) is 31.8 Å². The molecule has 0 aromatic heterocycles. The van der Waals surface area contributed by atoms with Crippen LogP contribution in [0, 0.1) is 43.9 Å². The Morgan fingerprint density at radius 1 is 0.481 bits per heavy atom. The van der Waals surface area contributed by atoms with E-state index in [1.54, 1.807) is 0 Å². The summed E-state index contributed by atoms with van der Waals surface area (Å²) in [7, 11) is -5.24. The molecule has 2 fully saturated rings. The summed E-state index contributed by atoms with van der Waals surface area (Å²) in [6, 6.07) is 19.2. The number of aliphatic hydroxyl groups excluding tert-OH is 2. The highest BCUT2D eigenvalue weighted by molar-refractivity contribution is 7.38. The first-order valence-electron chi connectivity index (χ1n) is 27.2. The van der Waals surface area contributed by atoms with Gasteiger partial charge in [-0.1, -0.05) is 195 Å². The van der Waals surface area contributed by atoms with E-state index in [1.165, 1.54) is 55.6 Å². The molecule has 8 rings (SSSR count). The molecule has 4 aromatic rings. The molecule has 0 radical (unpaired) electrons. The first-order valence-corrected chi connectivity index (χ1v) is 29.6. The minimum absolute atomic E-state index is 0.00407. The van der Waals surface area contributed by atoms with E-state index in [2.05, 4.69) is 187 Å². The minimum Gasteiger partial charge on any atom is -0.396 e. The third-order valence-corrected chi connectivity index (χ3v) is 16.8. The van der Waals surface area contributed by atoms with E-state index in [9.17, 15) is 10.2 Å². The number of ether oxygens (including phenoxy) is 4. The van der Waals surface area contributed by atoms with E-state index in [0.29, 0.717) is 0 Å². The summed E-state index contributed by atoms with van der Waals surface area (Å²) >= 11 is 0. The molecular weight excluding hydrogens is 1010 g/mol. The Morgan fingerprint density at radius 3 is 1.16 bits per heavy atom. The zero-order valence-corrected chi connectivity index (χ0v) is 52.2. The summed E-state index contributed by atoms with van der Waals surface area (Å²) in [6.45, 7) is 50.1. The van der Waals surface area contributed by atoms with Crippen LogP contribution < -0.4 is 0 Å². The molecule has 0 amide bonds. The van der Waals surface area contributed by atoms with Crippen LogP contribution in [0.3, 0.4) is 0 Å². The zero-order chi connectivity index (χ0) is 58.5. The molecule has 2 saturated heterocycles. The Hall–Kier alpha value is -2.74. The second-order valence-corrected chi connectivity index (χ2v) is 29.4. The lowest BCUT2D eigenvalue weighted by atomic mass is 9.50. The standard InChI is InChI=1S/C63H88O6.2H3O3P/c1-35-23-41-39(5)44-26-38(4)30-48(58(16,17)18)52(44)63(60(21,22)32-65)68-53(49(41)45(27-35)55(7,8)9)61(33-66-54(67-34-61)59(19,20)31-64)62(69-63)50-42(24-36(2)28-46(50)56(10,11)12)40(6)43-25-37(3)29-47(51(43)62)57(13,14)15;2*1-4(2)3/h23-30,39-40,53-54,64-65H,31-34H2,1-22H3;2*1-3H. The van der Waals surface area contributed by atoms with Crippen molar-refractivity contribution < 1.29 is 58.5 Å². The van der Waals surface area contributed by atoms with Crippen LogP contribution in [-0.2, 0) is 52.0 Å². The molecule has 14 heteroatoms. The van der Waals surface area contributed by atoms with E-state index in [1.807, 2.05) is 13.8 Å². The van der Waals surface area contributed by atoms with Gasteiger partial charge in [0.25, 0.3) is 0 Å². The van der Waals surface area contributed by atoms with Gasteiger partial charge in [-0.05, 0) is 111 Å². The van der Waals surface area contributed by atoms with Crippen LogP contribution in [0.15, 0.2) is 48.5 Å². The summed E-state index contributed by atoms with van der Waals surface area (Å²) in [5.74, 6) is -1.65. The van der Waals surface area contributed by atoms with Crippen LogP contribution in [0.2, 0.25) is 0 Å². The normalized spacial score (nSPS) is 25.5. The van der Waals surface area contributed by atoms with Crippen LogP contribution >= 0.6 is 17.2 Å². The summed E-state index contributed by atoms with van der Waals surface area (Å²) in [5, 5.41) is 23.3. The number of benzene rings is 4. The van der Waals surface area contributed by atoms with Crippen molar-refractivity contribution in [2.24, 2.45) is 16.2 Å². The molecule has 1 aliphatic carbocycles. The topological polar surface area (TPSA) is 199 Å². The van der Waals surface area contributed by atoms with Gasteiger partial charge >= 0.3 is 17.2 Å². The van der Waals surface area contributed by atoms with Gasteiger partial charge in [0.1, 0.15) is 11.7 Å². The molecule has 12 nitrogen and oxygen atoms in total. The Labute approximate surface area is 463 Å². The van der Waals surface area contributed by atoms with Crippen molar-refractivity contribution in [3.05, 3.63) is 138 Å². The van der Waals surface area contributed by atoms with Gasteiger partial charge in [-0.3, -0.25) is 0 Å². The maximum Gasteiger partial charge on any atom is 0.324 e. The van der Waals surface area contributed by atoms with Crippen molar-refractivity contribution in [2.75, 3.05) is 26.4 Å². The second-order valence-electron chi connectivity index (χ2n) is 28.3. The van der Waals surface area contributed by atoms with E-state index in [0.717, 1.165) is 33.4 Å². The Morgan fingerprint density at radius 2 is 0.805 bits per heavy atom. The number of aryl methyl sites for hydroxylation is 4. The Bertz CT molecular complexity index is 2720. The van der Waals surface area contributed by atoms with Gasteiger partial charge in [-0.15, -0.1) is 0 Å². The van der Waals surface area contributed by atoms with E-state index >= 15 is 0 Å². The summed E-state index contributed by atoms with van der Waals surface area (Å²) in [6.07, 6.45) is -1.40. The smallest absolute Gasteiger partial charge is 0.324 e. The number of aliphatic hydroxyl groups is 2. The van der Waals surface area contributed by atoms with E-state index in [-0.39, 0.29) is 59.9 Å². The fraction of sp³-hybridized carbons (Fsp3) is 0.619. The number of hydrogen-bond acceptors (Lipinski definition) is 12. The first kappa shape index (κ1) is 63.4. The predicted octanol–water partition coefficient (Wildman–Crippen LogP) is 12.7. The average molecular weight is 1110 g/mol. The molecule has 77 heavy (non-hydrogen) atoms. The average Bonchev–Trinajstić information content (AvgIpc) is 3.28. The molecule has 8 N–H and O–H groups in total. The monoisotopic (exact) mass is 1100 g/mol. The highest BCUT2D eigenvalue weighted by Gasteiger charge is 2.76. The lowest BCUT2D eigenvalue weighted by Gasteiger charge is -2.69. The molecule has 4 aromatic carbocycles. The van der Waals surface area contributed by atoms with Gasteiger partial charge in [0, 0.05) is 28.2 Å². The molecule has 4 aliphatic rings. The number of fused-ring (bicyclic) bond motifs is 12. The molecule has 3 heterocycles. The van der Waals surface area contributed by atoms with E-state index in [4.69, 9.17) is 48.3 Å². The van der Waals surface area contributed by atoms with Crippen LogP contribution in [0.5, 0.6) is 0 Å². The van der Waals surface area contributed by atoms with Gasteiger partial charge in [0.2, 0.25) is 5.79 Å². The van der Waals surface area contributed by atoms with Crippen molar-refractivity contribution in [2.45, 2.75) is 210 Å². The van der Waals surface area contributed by atoms with Gasteiger partial charge < -0.3 is 58.5 Å². The summed E-state index contributed by atoms with van der Waals surface area (Å²) < 4.78 is 32.4. The maximum absolute atomic E-state index is 12.4. The van der Waals surface area contributed by atoms with Crippen molar-refractivity contribution >= 4 is 17.2 Å². The van der Waals surface area contributed by atoms with Crippen LogP contribution in [0.1, 0.15) is 232 Å². The molecule has 0 saturated carbocycles. The predicted molar refractivity (Wildman–Crippen MR) is 309 cm³/mol. The van der Waals surface area contributed by atoms with Crippen molar-refractivity contribution in [3.63, 3.8) is 0 Å². The summed E-state index contributed by atoms with van der Waals surface area (Å²) in [4.78, 5) is 43.4. The van der Waals surface area contributed by atoms with Crippen molar-refractivity contribution in [3.8, 4) is 0 Å². The minimum atomic E-state index is -2.62. The zero-order valence-electron chi connectivity index (χ0n) is 50.4. The van der Waals surface area contributed by atoms with Crippen LogP contribution in [0.4, 0.5) is 0 Å². The number of hydrogen-bond donors (Lipinski definition) is 8. The third-order valence-electron chi connectivity index (χ3n) is 16.8. The van der Waals surface area contributed by atoms with Crippen LogP contribution in [0.25, 0.3) is 0 Å². The lowest BCUT2D eigenvalue weighted by Crippen LogP contribution is -2.72. The Kier molecular flexibility index (Phi) is 17.7. The molecule has 428 valence electrons. The second kappa shape index (κ2) is 21.5. The molecular formula is C63H94O12P2. The first-order chi connectivity index (χ1) is 35.0. The Balaban J connectivity index is 0.00000112. The summed E-state index contributed by atoms with van der Waals surface area (Å²) in [5.41, 5.74) is 13.3.